The first-order chi connectivity index (χ1) is 8.43. The zero-order valence-electron chi connectivity index (χ0n) is 11.4. The number of hydrogen-bond acceptors (Lipinski definition) is 5. The summed E-state index contributed by atoms with van der Waals surface area (Å²) in [5.74, 6) is 0.111. The number of rotatable bonds is 10. The van der Waals surface area contributed by atoms with Crippen LogP contribution in [-0.4, -0.2) is 58.7 Å². The maximum absolute atomic E-state index is 11.5. The summed E-state index contributed by atoms with van der Waals surface area (Å²) in [6.45, 7) is 4.74. The summed E-state index contributed by atoms with van der Waals surface area (Å²) in [4.78, 5) is 11.5. The van der Waals surface area contributed by atoms with E-state index in [0.717, 1.165) is 0 Å². The molecule has 18 heavy (non-hydrogen) atoms. The second-order valence-electron chi connectivity index (χ2n) is 4.11. The fraction of sp³-hybridized carbons (Fsp3) is 0.909. The Bertz CT molecular complexity index is 330. The molecule has 1 amide bonds. The molecule has 0 aromatic carbocycles. The highest BCUT2D eigenvalue weighted by molar-refractivity contribution is 7.91. The van der Waals surface area contributed by atoms with Gasteiger partial charge >= 0.3 is 0 Å². The number of amides is 1. The van der Waals surface area contributed by atoms with Crippen LogP contribution in [0.25, 0.3) is 0 Å². The molecule has 2 N–H and O–H groups in total. The third kappa shape index (κ3) is 8.43. The van der Waals surface area contributed by atoms with Crippen LogP contribution < -0.4 is 10.6 Å². The van der Waals surface area contributed by atoms with Crippen LogP contribution in [0.4, 0.5) is 0 Å². The molecule has 0 radical (unpaired) electrons. The summed E-state index contributed by atoms with van der Waals surface area (Å²) in [5, 5.41) is 5.57. The Kier molecular flexibility index (Phi) is 8.95. The number of sulfone groups is 1. The van der Waals surface area contributed by atoms with Gasteiger partial charge in [-0.05, 0) is 13.3 Å². The van der Waals surface area contributed by atoms with Gasteiger partial charge in [-0.3, -0.25) is 4.79 Å². The summed E-state index contributed by atoms with van der Waals surface area (Å²) in [5.41, 5.74) is 0. The molecule has 6 nitrogen and oxygen atoms in total. The number of nitrogens with one attached hydrogen (secondary N) is 2. The van der Waals surface area contributed by atoms with Gasteiger partial charge in [-0.15, -0.1) is 0 Å². The van der Waals surface area contributed by atoms with E-state index in [2.05, 4.69) is 10.6 Å². The average molecular weight is 280 g/mol. The molecule has 0 saturated heterocycles. The molecule has 1 unspecified atom stereocenters. The van der Waals surface area contributed by atoms with E-state index in [1.54, 1.807) is 14.0 Å². The summed E-state index contributed by atoms with van der Waals surface area (Å²) in [6, 6.07) is -0.404. The van der Waals surface area contributed by atoms with Crippen LogP contribution in [0, 0.1) is 0 Å². The maximum atomic E-state index is 11.5. The lowest BCUT2D eigenvalue weighted by Gasteiger charge is -2.13. The highest BCUT2D eigenvalue weighted by atomic mass is 32.2. The molecule has 0 fully saturated rings. The zero-order valence-corrected chi connectivity index (χ0v) is 12.2. The number of hydrogen-bond donors (Lipinski definition) is 2. The zero-order chi connectivity index (χ0) is 14.0. The molecule has 0 spiro atoms. The van der Waals surface area contributed by atoms with Crippen molar-refractivity contribution in [1.82, 2.24) is 10.6 Å². The molecule has 0 aliphatic rings. The number of carbonyl (C=O) groups is 1. The number of methoxy groups -OCH3 is 1. The second-order valence-corrected chi connectivity index (χ2v) is 6.42. The Morgan fingerprint density at radius 1 is 1.28 bits per heavy atom. The van der Waals surface area contributed by atoms with Crippen molar-refractivity contribution in [2.24, 2.45) is 0 Å². The molecule has 0 bridgehead atoms. The van der Waals surface area contributed by atoms with Gasteiger partial charge in [-0.2, -0.15) is 0 Å². The molecule has 0 heterocycles. The summed E-state index contributed by atoms with van der Waals surface area (Å²) in [7, 11) is -1.43. The fourth-order valence-corrected chi connectivity index (χ4v) is 2.62. The quantitative estimate of drug-likeness (QED) is 0.530. The van der Waals surface area contributed by atoms with Crippen LogP contribution in [0.15, 0.2) is 0 Å². The minimum absolute atomic E-state index is 0.0660. The third-order valence-electron chi connectivity index (χ3n) is 2.38. The smallest absolute Gasteiger partial charge is 0.236 e. The molecule has 0 saturated carbocycles. The topological polar surface area (TPSA) is 84.5 Å². The minimum atomic E-state index is -2.99. The van der Waals surface area contributed by atoms with Crippen LogP contribution in [-0.2, 0) is 19.4 Å². The van der Waals surface area contributed by atoms with Gasteiger partial charge in [0.05, 0.1) is 18.4 Å². The molecule has 0 aliphatic carbocycles. The van der Waals surface area contributed by atoms with Gasteiger partial charge in [0, 0.05) is 26.0 Å². The minimum Gasteiger partial charge on any atom is -0.383 e. The molecule has 108 valence electrons. The molecule has 7 heteroatoms. The Labute approximate surface area is 109 Å². The lowest BCUT2D eigenvalue weighted by Crippen LogP contribution is -2.44. The van der Waals surface area contributed by atoms with Crippen LogP contribution in [0.2, 0.25) is 0 Å². The largest absolute Gasteiger partial charge is 0.383 e. The first-order valence-electron chi connectivity index (χ1n) is 6.13. The first kappa shape index (κ1) is 17.3. The monoisotopic (exact) mass is 280 g/mol. The van der Waals surface area contributed by atoms with E-state index in [4.69, 9.17) is 4.74 Å². The van der Waals surface area contributed by atoms with Crippen molar-refractivity contribution < 1.29 is 17.9 Å². The van der Waals surface area contributed by atoms with Crippen molar-refractivity contribution in [3.8, 4) is 0 Å². The van der Waals surface area contributed by atoms with E-state index < -0.39 is 15.9 Å². The van der Waals surface area contributed by atoms with Gasteiger partial charge in [0.25, 0.3) is 0 Å². The molecule has 0 rings (SSSR count). The van der Waals surface area contributed by atoms with Gasteiger partial charge in [0.15, 0.2) is 9.84 Å². The van der Waals surface area contributed by atoms with Gasteiger partial charge in [-0.25, -0.2) is 8.42 Å². The maximum Gasteiger partial charge on any atom is 0.236 e. The highest BCUT2D eigenvalue weighted by Gasteiger charge is 2.13. The predicted octanol–water partition coefficient (Wildman–Crippen LogP) is -0.448. The van der Waals surface area contributed by atoms with Crippen LogP contribution >= 0.6 is 0 Å². The molecule has 0 aliphatic heterocycles. The van der Waals surface area contributed by atoms with E-state index in [-0.39, 0.29) is 17.4 Å². The van der Waals surface area contributed by atoms with Crippen LogP contribution in [0.1, 0.15) is 20.3 Å². The lowest BCUT2D eigenvalue weighted by molar-refractivity contribution is -0.122. The summed E-state index contributed by atoms with van der Waals surface area (Å²) >= 11 is 0. The van der Waals surface area contributed by atoms with Crippen molar-refractivity contribution >= 4 is 15.7 Å². The Hall–Kier alpha value is -0.660. The molecular weight excluding hydrogens is 256 g/mol. The number of carbonyl (C=O) groups excluding carboxylic acids is 1. The van der Waals surface area contributed by atoms with Crippen molar-refractivity contribution in [2.45, 2.75) is 26.3 Å². The van der Waals surface area contributed by atoms with Crippen LogP contribution in [0.5, 0.6) is 0 Å². The standard InChI is InChI=1S/C11H24N2O4S/c1-4-8-18(15,16)9-6-12-10(2)11(14)13-5-7-17-3/h10,12H,4-9H2,1-3H3,(H,13,14). The molecular formula is C11H24N2O4S. The average Bonchev–Trinajstić information content (AvgIpc) is 2.28. The second kappa shape index (κ2) is 9.29. The van der Waals surface area contributed by atoms with E-state index in [0.29, 0.717) is 26.1 Å². The van der Waals surface area contributed by atoms with Crippen molar-refractivity contribution in [3.63, 3.8) is 0 Å². The highest BCUT2D eigenvalue weighted by Crippen LogP contribution is 1.93. The Morgan fingerprint density at radius 3 is 2.50 bits per heavy atom. The Balaban J connectivity index is 3.82. The molecule has 1 atom stereocenters. The number of ether oxygens (including phenoxy) is 1. The van der Waals surface area contributed by atoms with Gasteiger partial charge in [0.2, 0.25) is 5.91 Å². The SMILES string of the molecule is CCCS(=O)(=O)CCNC(C)C(=O)NCCOC. The summed E-state index contributed by atoms with van der Waals surface area (Å²) < 4.78 is 27.7. The lowest BCUT2D eigenvalue weighted by atomic mass is 10.3. The molecule has 0 aromatic heterocycles. The predicted molar refractivity (Wildman–Crippen MR) is 71.3 cm³/mol. The third-order valence-corrected chi connectivity index (χ3v) is 4.23. The summed E-state index contributed by atoms with van der Waals surface area (Å²) in [6.07, 6.45) is 0.620. The molecule has 0 aromatic rings. The van der Waals surface area contributed by atoms with E-state index in [9.17, 15) is 13.2 Å². The van der Waals surface area contributed by atoms with Gasteiger partial charge < -0.3 is 15.4 Å². The Morgan fingerprint density at radius 2 is 1.94 bits per heavy atom. The first-order valence-corrected chi connectivity index (χ1v) is 7.95. The van der Waals surface area contributed by atoms with Crippen LogP contribution in [0.3, 0.4) is 0 Å². The van der Waals surface area contributed by atoms with Crippen molar-refractivity contribution in [1.29, 1.82) is 0 Å². The fourth-order valence-electron chi connectivity index (χ4n) is 1.37. The van der Waals surface area contributed by atoms with E-state index >= 15 is 0 Å². The van der Waals surface area contributed by atoms with Crippen molar-refractivity contribution in [2.75, 3.05) is 38.3 Å². The normalized spacial score (nSPS) is 13.3. The van der Waals surface area contributed by atoms with Gasteiger partial charge in [-0.1, -0.05) is 6.92 Å². The van der Waals surface area contributed by atoms with Crippen molar-refractivity contribution in [3.05, 3.63) is 0 Å². The van der Waals surface area contributed by atoms with E-state index in [1.165, 1.54) is 0 Å². The van der Waals surface area contributed by atoms with Gasteiger partial charge in [0.1, 0.15) is 0 Å². The van der Waals surface area contributed by atoms with E-state index in [1.807, 2.05) is 6.92 Å².